The Kier molecular flexibility index (Phi) is 6.96. The number of nitriles is 1. The van der Waals surface area contributed by atoms with Gasteiger partial charge in [-0.1, -0.05) is 18.2 Å². The maximum absolute atomic E-state index is 13.5. The Morgan fingerprint density at radius 2 is 1.76 bits per heavy atom. The predicted molar refractivity (Wildman–Crippen MR) is 135 cm³/mol. The topological polar surface area (TPSA) is 112 Å². The third kappa shape index (κ3) is 6.07. The first-order valence-corrected chi connectivity index (χ1v) is 12.8. The number of pyridine rings is 1. The number of halogens is 3. The molecule has 5 rings (SSSR count). The van der Waals surface area contributed by atoms with E-state index in [4.69, 9.17) is 9.29 Å². The molecule has 12 heteroatoms. The van der Waals surface area contributed by atoms with Gasteiger partial charge in [0.05, 0.1) is 40.6 Å². The van der Waals surface area contributed by atoms with E-state index < -0.39 is 23.8 Å². The van der Waals surface area contributed by atoms with Crippen molar-refractivity contribution in [2.24, 2.45) is 0 Å². The minimum absolute atomic E-state index is 0.00603. The number of benzene rings is 2. The predicted octanol–water partition coefficient (Wildman–Crippen LogP) is 5.53. The maximum Gasteiger partial charge on any atom is 0.406 e. The van der Waals surface area contributed by atoms with Crippen LogP contribution in [0.3, 0.4) is 0 Å². The molecule has 0 bridgehead atoms. The number of aromatic nitrogens is 3. The average molecular weight is 540 g/mol. The number of hydrogen-bond donors (Lipinski definition) is 1. The molecule has 0 radical (unpaired) electrons. The molecule has 8 nitrogen and oxygen atoms in total. The molecule has 38 heavy (non-hydrogen) atoms. The summed E-state index contributed by atoms with van der Waals surface area (Å²) in [6.07, 6.45) is -0.0836. The van der Waals surface area contributed by atoms with Crippen molar-refractivity contribution >= 4 is 33.5 Å². The molecule has 0 saturated heterocycles. The Labute approximate surface area is 218 Å². The summed E-state index contributed by atoms with van der Waals surface area (Å²) in [5.41, 5.74) is 3.50. The molecule has 0 amide bonds. The molecule has 0 aliphatic heterocycles. The lowest BCUT2D eigenvalue weighted by Gasteiger charge is -2.26. The van der Waals surface area contributed by atoms with Crippen molar-refractivity contribution in [3.05, 3.63) is 72.2 Å². The number of ether oxygens (including phenoxy) is 1. The van der Waals surface area contributed by atoms with Crippen LogP contribution in [-0.4, -0.2) is 42.5 Å². The summed E-state index contributed by atoms with van der Waals surface area (Å²) >= 11 is -2.03. The van der Waals surface area contributed by atoms with Gasteiger partial charge in [-0.15, -0.1) is 0 Å². The lowest BCUT2D eigenvalue weighted by atomic mass is 10.0. The van der Waals surface area contributed by atoms with Gasteiger partial charge in [-0.05, 0) is 54.3 Å². The van der Waals surface area contributed by atoms with Gasteiger partial charge in [-0.25, -0.2) is 14.2 Å². The van der Waals surface area contributed by atoms with Gasteiger partial charge in [0.1, 0.15) is 24.3 Å². The molecule has 1 aliphatic rings. The second-order valence-corrected chi connectivity index (χ2v) is 9.69. The van der Waals surface area contributed by atoms with Gasteiger partial charge in [0.15, 0.2) is 11.1 Å². The van der Waals surface area contributed by atoms with Crippen molar-refractivity contribution in [3.8, 4) is 23.1 Å². The number of hydrogen-bond acceptors (Lipinski definition) is 7. The zero-order chi connectivity index (χ0) is 26.9. The minimum atomic E-state index is -4.51. The van der Waals surface area contributed by atoms with Crippen LogP contribution >= 0.6 is 0 Å². The number of fused-ring (bicyclic) bond motifs is 1. The van der Waals surface area contributed by atoms with Crippen molar-refractivity contribution in [2.45, 2.75) is 30.9 Å². The quantitative estimate of drug-likeness (QED) is 0.291. The molecule has 0 spiro atoms. The molecule has 1 saturated carbocycles. The van der Waals surface area contributed by atoms with Gasteiger partial charge in [-0.3, -0.25) is 4.98 Å². The van der Waals surface area contributed by atoms with Crippen molar-refractivity contribution in [3.63, 3.8) is 0 Å². The van der Waals surface area contributed by atoms with Gasteiger partial charge < -0.3 is 14.2 Å². The van der Waals surface area contributed by atoms with Crippen LogP contribution in [0.2, 0.25) is 0 Å². The monoisotopic (exact) mass is 539 g/mol. The second kappa shape index (κ2) is 10.4. The molecule has 2 aromatic carbocycles. The number of anilines is 2. The fraction of sp³-hybridized carbons (Fsp3) is 0.231. The van der Waals surface area contributed by atoms with E-state index in [1.807, 2.05) is 6.07 Å². The van der Waals surface area contributed by atoms with Crippen LogP contribution in [0.25, 0.3) is 22.2 Å². The van der Waals surface area contributed by atoms with E-state index in [9.17, 15) is 22.6 Å². The molecule has 1 aliphatic carbocycles. The van der Waals surface area contributed by atoms with Crippen LogP contribution in [-0.2, 0) is 16.8 Å². The summed E-state index contributed by atoms with van der Waals surface area (Å²) in [4.78, 5) is 13.8. The average Bonchev–Trinajstić information content (AvgIpc) is 3.71. The Bertz CT molecular complexity index is 1550. The van der Waals surface area contributed by atoms with Crippen LogP contribution < -0.4 is 9.64 Å². The molecule has 1 fully saturated rings. The Hall–Kier alpha value is -4.08. The first kappa shape index (κ1) is 25.6. The molecule has 2 heterocycles. The van der Waals surface area contributed by atoms with E-state index in [-0.39, 0.29) is 34.7 Å². The van der Waals surface area contributed by atoms with Gasteiger partial charge >= 0.3 is 6.18 Å². The summed E-state index contributed by atoms with van der Waals surface area (Å²) < 4.78 is 66.2. The lowest BCUT2D eigenvalue weighted by Crippen LogP contribution is -2.30. The summed E-state index contributed by atoms with van der Waals surface area (Å²) in [7, 11) is 0. The fourth-order valence-corrected chi connectivity index (χ4v) is 4.27. The molecule has 2 aromatic heterocycles. The van der Waals surface area contributed by atoms with Crippen LogP contribution in [0.1, 0.15) is 24.1 Å². The number of rotatable bonds is 8. The largest absolute Gasteiger partial charge is 0.473 e. The standard InChI is InChI=1S/C26H20F3N5O3S/c27-26(28,29)15-34(21-9-18(11-30)25(32-13-21)37-22-6-7-22)20-4-1-16(2-5-20)17-3-8-23-24(10-17)31-12-19(33-23)14-38(35)36/h1-5,8-10,12-13,22H,6-7,14-15H2,(H,35,36). The van der Waals surface area contributed by atoms with Crippen LogP contribution in [0, 0.1) is 11.3 Å². The highest BCUT2D eigenvalue weighted by atomic mass is 32.2. The van der Waals surface area contributed by atoms with Crippen LogP contribution in [0.15, 0.2) is 60.9 Å². The van der Waals surface area contributed by atoms with Gasteiger partial charge in [-0.2, -0.15) is 18.4 Å². The highest BCUT2D eigenvalue weighted by Crippen LogP contribution is 2.35. The Morgan fingerprint density at radius 1 is 1.03 bits per heavy atom. The van der Waals surface area contributed by atoms with Gasteiger partial charge in [0, 0.05) is 5.69 Å². The summed E-state index contributed by atoms with van der Waals surface area (Å²) in [6, 6.07) is 15.1. The third-order valence-corrected chi connectivity index (χ3v) is 6.33. The normalized spacial score (nSPS) is 14.2. The van der Waals surface area contributed by atoms with Crippen LogP contribution in [0.4, 0.5) is 24.5 Å². The van der Waals surface area contributed by atoms with E-state index in [0.29, 0.717) is 16.7 Å². The molecule has 4 aromatic rings. The summed E-state index contributed by atoms with van der Waals surface area (Å²) in [5.74, 6) is -0.000379. The molecular weight excluding hydrogens is 519 g/mol. The molecule has 1 N–H and O–H groups in total. The van der Waals surface area contributed by atoms with Crippen molar-refractivity contribution in [1.29, 1.82) is 5.26 Å². The number of alkyl halides is 3. The Balaban J connectivity index is 1.44. The third-order valence-electron chi connectivity index (χ3n) is 5.78. The van der Waals surface area contributed by atoms with Crippen molar-refractivity contribution < 1.29 is 26.7 Å². The van der Waals surface area contributed by atoms with Gasteiger partial charge in [0.2, 0.25) is 5.88 Å². The molecule has 1 atom stereocenters. The highest BCUT2D eigenvalue weighted by Gasteiger charge is 2.32. The van der Waals surface area contributed by atoms with Crippen molar-refractivity contribution in [2.75, 3.05) is 11.4 Å². The van der Waals surface area contributed by atoms with E-state index in [1.54, 1.807) is 42.5 Å². The zero-order valence-corrected chi connectivity index (χ0v) is 20.5. The zero-order valence-electron chi connectivity index (χ0n) is 19.7. The Morgan fingerprint density at radius 3 is 2.42 bits per heavy atom. The SMILES string of the molecule is N#Cc1cc(N(CC(F)(F)F)c2ccc(-c3ccc4nc(CS(=O)O)cnc4c3)cc2)cnc1OC1CC1. The second-order valence-electron chi connectivity index (χ2n) is 8.75. The first-order valence-electron chi connectivity index (χ1n) is 11.5. The van der Waals surface area contributed by atoms with E-state index >= 15 is 0 Å². The van der Waals surface area contributed by atoms with E-state index in [1.165, 1.54) is 18.5 Å². The first-order chi connectivity index (χ1) is 18.2. The van der Waals surface area contributed by atoms with Crippen LogP contribution in [0.5, 0.6) is 5.88 Å². The minimum Gasteiger partial charge on any atom is -0.473 e. The summed E-state index contributed by atoms with van der Waals surface area (Å²) in [5, 5.41) is 9.51. The van der Waals surface area contributed by atoms with E-state index in [2.05, 4.69) is 15.0 Å². The molecule has 194 valence electrons. The fourth-order valence-electron chi connectivity index (χ4n) is 3.88. The van der Waals surface area contributed by atoms with E-state index in [0.717, 1.165) is 28.9 Å². The lowest BCUT2D eigenvalue weighted by molar-refractivity contribution is -0.118. The van der Waals surface area contributed by atoms with Crippen molar-refractivity contribution in [1.82, 2.24) is 15.0 Å². The number of nitrogens with zero attached hydrogens (tertiary/aromatic N) is 5. The van der Waals surface area contributed by atoms with Gasteiger partial charge in [0.25, 0.3) is 0 Å². The smallest absolute Gasteiger partial charge is 0.406 e. The summed E-state index contributed by atoms with van der Waals surface area (Å²) in [6.45, 7) is -1.27. The maximum atomic E-state index is 13.5. The molecule has 1 unspecified atom stereocenters. The highest BCUT2D eigenvalue weighted by molar-refractivity contribution is 7.78. The molecular formula is C26H20F3N5O3S.